The van der Waals surface area contributed by atoms with Crippen molar-refractivity contribution in [2.45, 2.75) is 38.9 Å². The molecule has 0 aliphatic carbocycles. The number of nitrogens with zero attached hydrogens (tertiary/aromatic N) is 1. The third-order valence-electron chi connectivity index (χ3n) is 3.84. The summed E-state index contributed by atoms with van der Waals surface area (Å²) in [6.45, 7) is 4.42. The van der Waals surface area contributed by atoms with Crippen molar-refractivity contribution < 1.29 is 13.9 Å². The minimum absolute atomic E-state index is 0.0694. The van der Waals surface area contributed by atoms with E-state index < -0.39 is 5.82 Å². The molecule has 0 bridgehead atoms. The number of carbonyl (C=O) groups is 1. The zero-order valence-corrected chi connectivity index (χ0v) is 12.1. The third-order valence-corrected chi connectivity index (χ3v) is 3.84. The van der Waals surface area contributed by atoms with Gasteiger partial charge in [-0.05, 0) is 30.5 Å². The molecular formula is C15H21FN2O2. The summed E-state index contributed by atoms with van der Waals surface area (Å²) in [5.41, 5.74) is 0.751. The average molecular weight is 280 g/mol. The van der Waals surface area contributed by atoms with Crippen LogP contribution in [0, 0.1) is 5.82 Å². The van der Waals surface area contributed by atoms with E-state index in [0.717, 1.165) is 18.4 Å². The van der Waals surface area contributed by atoms with Crippen LogP contribution in [0.1, 0.15) is 38.4 Å². The fourth-order valence-electron chi connectivity index (χ4n) is 2.75. The highest BCUT2D eigenvalue weighted by molar-refractivity contribution is 5.81. The number of carbonyl (C=O) groups excluding carboxylic acids is 1. The van der Waals surface area contributed by atoms with Gasteiger partial charge >= 0.3 is 0 Å². The molecule has 1 fully saturated rings. The highest BCUT2D eigenvalue weighted by atomic mass is 19.1. The maximum absolute atomic E-state index is 13.8. The second-order valence-corrected chi connectivity index (χ2v) is 4.95. The monoisotopic (exact) mass is 280 g/mol. The number of ether oxygens (including phenoxy) is 1. The standard InChI is InChI=1S/C15H21FN2O2/c1-4-11(5-2)18-14(19)9-17-15(18)10-6-7-13(20-3)12(16)8-10/h6-8,11,15,17H,4-5,9H2,1-3H3. The summed E-state index contributed by atoms with van der Waals surface area (Å²) in [7, 11) is 1.44. The maximum atomic E-state index is 13.8. The molecule has 1 amide bonds. The SMILES string of the molecule is CCC(CC)N1C(=O)CNC1c1ccc(OC)c(F)c1. The van der Waals surface area contributed by atoms with E-state index in [1.165, 1.54) is 13.2 Å². The molecule has 1 N–H and O–H groups in total. The minimum Gasteiger partial charge on any atom is -0.494 e. The highest BCUT2D eigenvalue weighted by Crippen LogP contribution is 2.29. The van der Waals surface area contributed by atoms with Gasteiger partial charge in [-0.15, -0.1) is 0 Å². The number of amides is 1. The van der Waals surface area contributed by atoms with Crippen molar-refractivity contribution >= 4 is 5.91 Å². The molecule has 1 aliphatic rings. The summed E-state index contributed by atoms with van der Waals surface area (Å²) < 4.78 is 18.8. The van der Waals surface area contributed by atoms with Gasteiger partial charge in [0.25, 0.3) is 0 Å². The van der Waals surface area contributed by atoms with Gasteiger partial charge in [0, 0.05) is 6.04 Å². The number of benzene rings is 1. The first kappa shape index (κ1) is 14.8. The largest absolute Gasteiger partial charge is 0.494 e. The van der Waals surface area contributed by atoms with Crippen LogP contribution in [0.15, 0.2) is 18.2 Å². The van der Waals surface area contributed by atoms with E-state index in [0.29, 0.717) is 6.54 Å². The van der Waals surface area contributed by atoms with E-state index in [1.54, 1.807) is 12.1 Å². The van der Waals surface area contributed by atoms with Crippen LogP contribution in [0.3, 0.4) is 0 Å². The van der Waals surface area contributed by atoms with Gasteiger partial charge in [0.05, 0.1) is 13.7 Å². The third kappa shape index (κ3) is 2.63. The number of hydrogen-bond donors (Lipinski definition) is 1. The molecule has 20 heavy (non-hydrogen) atoms. The van der Waals surface area contributed by atoms with E-state index in [1.807, 2.05) is 4.90 Å². The van der Waals surface area contributed by atoms with Gasteiger partial charge in [0.1, 0.15) is 6.17 Å². The van der Waals surface area contributed by atoms with Crippen LogP contribution in [-0.2, 0) is 4.79 Å². The second kappa shape index (κ2) is 6.22. The van der Waals surface area contributed by atoms with Crippen molar-refractivity contribution in [3.8, 4) is 5.75 Å². The number of methoxy groups -OCH3 is 1. The highest BCUT2D eigenvalue weighted by Gasteiger charge is 2.35. The molecular weight excluding hydrogens is 259 g/mol. The Morgan fingerprint density at radius 2 is 2.15 bits per heavy atom. The van der Waals surface area contributed by atoms with E-state index in [2.05, 4.69) is 19.2 Å². The average Bonchev–Trinajstić information content (AvgIpc) is 2.82. The zero-order valence-electron chi connectivity index (χ0n) is 12.1. The summed E-state index contributed by atoms with van der Waals surface area (Å²) in [5, 5.41) is 3.16. The molecule has 1 aromatic rings. The number of halogens is 1. The molecule has 1 aliphatic heterocycles. The lowest BCUT2D eigenvalue weighted by Gasteiger charge is -2.32. The summed E-state index contributed by atoms with van der Waals surface area (Å²) in [4.78, 5) is 13.9. The van der Waals surface area contributed by atoms with Crippen molar-refractivity contribution in [2.75, 3.05) is 13.7 Å². The number of rotatable bonds is 5. The molecule has 0 saturated carbocycles. The summed E-state index contributed by atoms with van der Waals surface area (Å²) in [6.07, 6.45) is 1.52. The molecule has 5 heteroatoms. The minimum atomic E-state index is -0.407. The smallest absolute Gasteiger partial charge is 0.238 e. The van der Waals surface area contributed by atoms with Crippen LogP contribution in [0.25, 0.3) is 0 Å². The lowest BCUT2D eigenvalue weighted by molar-refractivity contribution is -0.130. The Hall–Kier alpha value is -1.62. The number of hydrogen-bond acceptors (Lipinski definition) is 3. The topological polar surface area (TPSA) is 41.6 Å². The lowest BCUT2D eigenvalue weighted by Crippen LogP contribution is -2.39. The van der Waals surface area contributed by atoms with Crippen molar-refractivity contribution in [3.63, 3.8) is 0 Å². The van der Waals surface area contributed by atoms with Crippen molar-refractivity contribution in [3.05, 3.63) is 29.6 Å². The van der Waals surface area contributed by atoms with Gasteiger partial charge in [0.2, 0.25) is 5.91 Å². The predicted molar refractivity (Wildman–Crippen MR) is 74.9 cm³/mol. The van der Waals surface area contributed by atoms with Gasteiger partial charge in [-0.25, -0.2) is 4.39 Å². The fourth-order valence-corrected chi connectivity index (χ4v) is 2.75. The Kier molecular flexibility index (Phi) is 4.60. The van der Waals surface area contributed by atoms with Crippen molar-refractivity contribution in [2.24, 2.45) is 0 Å². The van der Waals surface area contributed by atoms with Gasteiger partial charge in [-0.2, -0.15) is 0 Å². The second-order valence-electron chi connectivity index (χ2n) is 4.95. The zero-order chi connectivity index (χ0) is 14.7. The quantitative estimate of drug-likeness (QED) is 0.901. The van der Waals surface area contributed by atoms with E-state index in [-0.39, 0.29) is 23.9 Å². The van der Waals surface area contributed by atoms with Crippen molar-refractivity contribution in [1.29, 1.82) is 0 Å². The van der Waals surface area contributed by atoms with Gasteiger partial charge < -0.3 is 9.64 Å². The van der Waals surface area contributed by atoms with Crippen molar-refractivity contribution in [1.82, 2.24) is 10.2 Å². The first-order valence-corrected chi connectivity index (χ1v) is 7.00. The van der Waals surface area contributed by atoms with Crippen LogP contribution in [0.2, 0.25) is 0 Å². The Morgan fingerprint density at radius 3 is 2.70 bits per heavy atom. The van der Waals surface area contributed by atoms with E-state index >= 15 is 0 Å². The molecule has 1 aromatic carbocycles. The van der Waals surface area contributed by atoms with Crippen LogP contribution in [-0.4, -0.2) is 30.5 Å². The molecule has 0 spiro atoms. The first-order chi connectivity index (χ1) is 9.62. The Labute approximate surface area is 118 Å². The summed E-state index contributed by atoms with van der Waals surface area (Å²) in [6, 6.07) is 5.01. The Bertz CT molecular complexity index is 489. The summed E-state index contributed by atoms with van der Waals surface area (Å²) >= 11 is 0. The molecule has 2 rings (SSSR count). The molecule has 1 heterocycles. The van der Waals surface area contributed by atoms with Gasteiger partial charge in [-0.1, -0.05) is 19.9 Å². The summed E-state index contributed by atoms with van der Waals surface area (Å²) in [5.74, 6) is -0.122. The molecule has 0 aromatic heterocycles. The lowest BCUT2D eigenvalue weighted by atomic mass is 10.1. The Balaban J connectivity index is 2.30. The van der Waals surface area contributed by atoms with Crippen LogP contribution < -0.4 is 10.1 Å². The van der Waals surface area contributed by atoms with E-state index in [4.69, 9.17) is 4.74 Å². The van der Waals surface area contributed by atoms with Crippen LogP contribution >= 0.6 is 0 Å². The first-order valence-electron chi connectivity index (χ1n) is 7.00. The number of nitrogens with one attached hydrogen (secondary N) is 1. The molecule has 1 saturated heterocycles. The fraction of sp³-hybridized carbons (Fsp3) is 0.533. The van der Waals surface area contributed by atoms with Crippen LogP contribution in [0.4, 0.5) is 4.39 Å². The van der Waals surface area contributed by atoms with Crippen LogP contribution in [0.5, 0.6) is 5.75 Å². The molecule has 4 nitrogen and oxygen atoms in total. The maximum Gasteiger partial charge on any atom is 0.238 e. The molecule has 0 radical (unpaired) electrons. The van der Waals surface area contributed by atoms with Gasteiger partial charge in [0.15, 0.2) is 11.6 Å². The Morgan fingerprint density at radius 1 is 1.45 bits per heavy atom. The molecule has 1 atom stereocenters. The molecule has 110 valence electrons. The normalized spacial score (nSPS) is 18.9. The van der Waals surface area contributed by atoms with Gasteiger partial charge in [-0.3, -0.25) is 10.1 Å². The molecule has 1 unspecified atom stereocenters. The van der Waals surface area contributed by atoms with E-state index in [9.17, 15) is 9.18 Å². The predicted octanol–water partition coefficient (Wildman–Crippen LogP) is 2.45.